The van der Waals surface area contributed by atoms with Gasteiger partial charge in [0.1, 0.15) is 0 Å². The van der Waals surface area contributed by atoms with Crippen LogP contribution in [0.15, 0.2) is 12.1 Å². The van der Waals surface area contributed by atoms with E-state index in [2.05, 4.69) is 27.7 Å². The third-order valence-corrected chi connectivity index (χ3v) is 3.94. The first kappa shape index (κ1) is 14.0. The first-order valence-corrected chi connectivity index (χ1v) is 6.98. The SMILES string of the molecule is CC(CC(N)c1ccc(Cl)s1)CC(C)(C)C. The van der Waals surface area contributed by atoms with Gasteiger partial charge in [-0.25, -0.2) is 0 Å². The molecule has 0 spiro atoms. The van der Waals surface area contributed by atoms with E-state index in [1.807, 2.05) is 12.1 Å². The van der Waals surface area contributed by atoms with Gasteiger partial charge in [0.05, 0.1) is 4.34 Å². The summed E-state index contributed by atoms with van der Waals surface area (Å²) in [5.41, 5.74) is 6.56. The van der Waals surface area contributed by atoms with Gasteiger partial charge in [0.2, 0.25) is 0 Å². The lowest BCUT2D eigenvalue weighted by atomic mass is 9.83. The number of nitrogens with two attached hydrogens (primary N) is 1. The highest BCUT2D eigenvalue weighted by Crippen LogP contribution is 2.32. The van der Waals surface area contributed by atoms with Crippen LogP contribution in [0.25, 0.3) is 0 Å². The number of rotatable bonds is 4. The molecule has 1 aromatic heterocycles. The second-order valence-electron chi connectivity index (χ2n) is 5.85. The molecule has 1 nitrogen and oxygen atoms in total. The molecule has 2 N–H and O–H groups in total. The second-order valence-corrected chi connectivity index (χ2v) is 7.60. The molecule has 0 saturated heterocycles. The highest BCUT2D eigenvalue weighted by atomic mass is 35.5. The molecule has 3 heteroatoms. The van der Waals surface area contributed by atoms with Crippen molar-refractivity contribution >= 4 is 22.9 Å². The Hall–Kier alpha value is -0.0500. The average molecular weight is 260 g/mol. The van der Waals surface area contributed by atoms with Crippen LogP contribution in [0.5, 0.6) is 0 Å². The molecule has 2 atom stereocenters. The molecule has 0 aromatic carbocycles. The fraction of sp³-hybridized carbons (Fsp3) is 0.692. The zero-order valence-corrected chi connectivity index (χ0v) is 12.2. The predicted octanol–water partition coefficient (Wildman–Crippen LogP) is 4.86. The molecule has 0 aliphatic heterocycles. The van der Waals surface area contributed by atoms with Crippen molar-refractivity contribution in [2.75, 3.05) is 0 Å². The van der Waals surface area contributed by atoms with E-state index in [4.69, 9.17) is 17.3 Å². The molecule has 0 amide bonds. The molecule has 1 rings (SSSR count). The molecule has 1 heterocycles. The molecular weight excluding hydrogens is 238 g/mol. The van der Waals surface area contributed by atoms with E-state index in [1.165, 1.54) is 11.3 Å². The van der Waals surface area contributed by atoms with E-state index in [0.29, 0.717) is 11.3 Å². The van der Waals surface area contributed by atoms with E-state index in [-0.39, 0.29) is 6.04 Å². The van der Waals surface area contributed by atoms with Gasteiger partial charge in [0, 0.05) is 10.9 Å². The maximum atomic E-state index is 6.18. The molecule has 2 unspecified atom stereocenters. The summed E-state index contributed by atoms with van der Waals surface area (Å²) in [7, 11) is 0. The molecule has 0 radical (unpaired) electrons. The van der Waals surface area contributed by atoms with Gasteiger partial charge < -0.3 is 5.73 Å². The number of hydrogen-bond donors (Lipinski definition) is 1. The second kappa shape index (κ2) is 5.52. The van der Waals surface area contributed by atoms with Crippen LogP contribution in [-0.2, 0) is 0 Å². The van der Waals surface area contributed by atoms with Crippen LogP contribution in [0.2, 0.25) is 4.34 Å². The van der Waals surface area contributed by atoms with Gasteiger partial charge in [-0.1, -0.05) is 39.3 Å². The molecular formula is C13H22ClNS. The van der Waals surface area contributed by atoms with Gasteiger partial charge in [-0.2, -0.15) is 0 Å². The summed E-state index contributed by atoms with van der Waals surface area (Å²) in [5.74, 6) is 0.649. The van der Waals surface area contributed by atoms with Crippen molar-refractivity contribution in [1.29, 1.82) is 0 Å². The van der Waals surface area contributed by atoms with Crippen molar-refractivity contribution < 1.29 is 0 Å². The molecule has 0 aliphatic carbocycles. The Labute approximate surface area is 108 Å². The smallest absolute Gasteiger partial charge is 0.0931 e. The first-order chi connectivity index (χ1) is 7.28. The lowest BCUT2D eigenvalue weighted by Gasteiger charge is -2.24. The predicted molar refractivity (Wildman–Crippen MR) is 74.1 cm³/mol. The molecule has 92 valence electrons. The summed E-state index contributed by atoms with van der Waals surface area (Å²) in [6, 6.07) is 4.10. The third-order valence-electron chi connectivity index (χ3n) is 2.58. The summed E-state index contributed by atoms with van der Waals surface area (Å²) >= 11 is 7.51. The van der Waals surface area contributed by atoms with Crippen LogP contribution < -0.4 is 5.73 Å². The highest BCUT2D eigenvalue weighted by Gasteiger charge is 2.18. The van der Waals surface area contributed by atoms with Crippen molar-refractivity contribution in [2.24, 2.45) is 17.1 Å². The molecule has 0 bridgehead atoms. The molecule has 0 fully saturated rings. The summed E-state index contributed by atoms with van der Waals surface area (Å²) in [6.45, 7) is 9.10. The minimum atomic E-state index is 0.134. The van der Waals surface area contributed by atoms with Crippen LogP contribution in [0.1, 0.15) is 51.5 Å². The minimum Gasteiger partial charge on any atom is -0.323 e. The standard InChI is InChI=1S/C13H22ClNS/c1-9(8-13(2,3)4)7-10(15)11-5-6-12(14)16-11/h5-6,9-10H,7-8,15H2,1-4H3. The highest BCUT2D eigenvalue weighted by molar-refractivity contribution is 7.16. The minimum absolute atomic E-state index is 0.134. The number of halogens is 1. The zero-order chi connectivity index (χ0) is 12.3. The third kappa shape index (κ3) is 4.86. The lowest BCUT2D eigenvalue weighted by Crippen LogP contribution is -2.17. The van der Waals surface area contributed by atoms with Gasteiger partial charge in [-0.3, -0.25) is 0 Å². The van der Waals surface area contributed by atoms with E-state index in [1.54, 1.807) is 11.3 Å². The van der Waals surface area contributed by atoms with Gasteiger partial charge >= 0.3 is 0 Å². The normalized spacial score (nSPS) is 16.1. The number of hydrogen-bond acceptors (Lipinski definition) is 2. The topological polar surface area (TPSA) is 26.0 Å². The van der Waals surface area contributed by atoms with Crippen molar-refractivity contribution in [3.05, 3.63) is 21.3 Å². The molecule has 16 heavy (non-hydrogen) atoms. The fourth-order valence-electron chi connectivity index (χ4n) is 2.21. The van der Waals surface area contributed by atoms with Crippen LogP contribution in [0.4, 0.5) is 0 Å². The van der Waals surface area contributed by atoms with Gasteiger partial charge in [0.15, 0.2) is 0 Å². The molecule has 1 aromatic rings. The maximum Gasteiger partial charge on any atom is 0.0931 e. The van der Waals surface area contributed by atoms with E-state index in [0.717, 1.165) is 10.8 Å². The van der Waals surface area contributed by atoms with Crippen LogP contribution in [0.3, 0.4) is 0 Å². The van der Waals surface area contributed by atoms with E-state index < -0.39 is 0 Å². The Balaban J connectivity index is 2.48. The average Bonchev–Trinajstić information content (AvgIpc) is 2.47. The van der Waals surface area contributed by atoms with Crippen LogP contribution in [0, 0.1) is 11.3 Å². The van der Waals surface area contributed by atoms with E-state index >= 15 is 0 Å². The quantitative estimate of drug-likeness (QED) is 0.821. The summed E-state index contributed by atoms with van der Waals surface area (Å²) in [5, 5.41) is 0. The van der Waals surface area contributed by atoms with Crippen LogP contribution in [-0.4, -0.2) is 0 Å². The molecule has 0 aliphatic rings. The van der Waals surface area contributed by atoms with Crippen molar-refractivity contribution in [3.63, 3.8) is 0 Å². The summed E-state index contributed by atoms with van der Waals surface area (Å²) in [6.07, 6.45) is 2.24. The Morgan fingerprint density at radius 1 is 1.38 bits per heavy atom. The Bertz CT molecular complexity index is 327. The van der Waals surface area contributed by atoms with Gasteiger partial charge in [0.25, 0.3) is 0 Å². The molecule has 0 saturated carbocycles. The van der Waals surface area contributed by atoms with Crippen molar-refractivity contribution in [3.8, 4) is 0 Å². The number of thiophene rings is 1. The largest absolute Gasteiger partial charge is 0.323 e. The Morgan fingerprint density at radius 2 is 2.00 bits per heavy atom. The van der Waals surface area contributed by atoms with E-state index in [9.17, 15) is 0 Å². The fourth-order valence-corrected chi connectivity index (χ4v) is 3.28. The van der Waals surface area contributed by atoms with Crippen molar-refractivity contribution in [1.82, 2.24) is 0 Å². The maximum absolute atomic E-state index is 6.18. The van der Waals surface area contributed by atoms with Crippen LogP contribution >= 0.6 is 22.9 Å². The van der Waals surface area contributed by atoms with Gasteiger partial charge in [-0.05, 0) is 36.3 Å². The monoisotopic (exact) mass is 259 g/mol. The Morgan fingerprint density at radius 3 is 2.44 bits per heavy atom. The van der Waals surface area contributed by atoms with Crippen molar-refractivity contribution in [2.45, 2.75) is 46.6 Å². The summed E-state index contributed by atoms with van der Waals surface area (Å²) < 4.78 is 0.828. The Kier molecular flexibility index (Phi) is 4.84. The summed E-state index contributed by atoms with van der Waals surface area (Å²) in [4.78, 5) is 1.20. The van der Waals surface area contributed by atoms with Gasteiger partial charge in [-0.15, -0.1) is 11.3 Å². The lowest BCUT2D eigenvalue weighted by molar-refractivity contribution is 0.287. The first-order valence-electron chi connectivity index (χ1n) is 5.79. The zero-order valence-electron chi connectivity index (χ0n) is 10.6.